The number of methoxy groups -OCH3 is 1. The number of nitrogens with one attached hydrogen (secondary N) is 1. The van der Waals surface area contributed by atoms with E-state index in [2.05, 4.69) is 35.8 Å². The lowest BCUT2D eigenvalue weighted by Gasteiger charge is -2.11. The van der Waals surface area contributed by atoms with Crippen molar-refractivity contribution in [1.29, 1.82) is 0 Å². The van der Waals surface area contributed by atoms with Crippen molar-refractivity contribution in [3.63, 3.8) is 0 Å². The van der Waals surface area contributed by atoms with Crippen molar-refractivity contribution in [2.75, 3.05) is 26.9 Å². The zero-order valence-electron chi connectivity index (χ0n) is 15.5. The number of carbonyl (C=O) groups excluding carboxylic acids is 1. The molecule has 0 saturated heterocycles. The van der Waals surface area contributed by atoms with Crippen LogP contribution in [0.4, 0.5) is 5.82 Å². The maximum atomic E-state index is 12.6. The molecule has 0 fully saturated rings. The minimum atomic E-state index is -0.538. The van der Waals surface area contributed by atoms with Gasteiger partial charge in [0.1, 0.15) is 5.75 Å². The number of rotatable bonds is 7. The fraction of sp³-hybridized carbons (Fsp3) is 0.250. The average Bonchev–Trinajstić information content (AvgIpc) is 3.27. The van der Waals surface area contributed by atoms with Gasteiger partial charge >= 0.3 is 0 Å². The van der Waals surface area contributed by atoms with Crippen LogP contribution < -0.4 is 15.9 Å². The summed E-state index contributed by atoms with van der Waals surface area (Å²) in [4.78, 5) is 14.4. The zero-order chi connectivity index (χ0) is 20.1. The Kier molecular flexibility index (Phi) is 5.60. The Hall–Kier alpha value is -3.80. The minimum Gasteiger partial charge on any atom is -0.496 e. The highest BCUT2D eigenvalue weighted by Crippen LogP contribution is 2.17. The molecule has 12 heteroatoms. The molecule has 28 heavy (non-hydrogen) atoms. The van der Waals surface area contributed by atoms with Crippen LogP contribution in [0.15, 0.2) is 34.0 Å². The van der Waals surface area contributed by atoms with Crippen molar-refractivity contribution >= 4 is 17.9 Å². The van der Waals surface area contributed by atoms with Crippen molar-refractivity contribution < 1.29 is 14.2 Å². The molecular formula is C16H19N9O3. The molecule has 1 aromatic carbocycles. The van der Waals surface area contributed by atoms with Gasteiger partial charge in [-0.1, -0.05) is 17.3 Å². The quantitative estimate of drug-likeness (QED) is 0.425. The molecule has 1 amide bonds. The first-order valence-electron chi connectivity index (χ1n) is 8.15. The SMILES string of the molecule is COc1ccccc1C=NNC(=O)c1nnn(-c2nonc2N)c1CN(C)C. The maximum absolute atomic E-state index is 12.6. The standard InChI is InChI=1S/C16H19N9O3/c1-24(2)9-11-13(19-23-25(11)15-14(17)21-28-22-15)16(26)20-18-8-10-6-4-5-7-12(10)27-3/h4-8H,9H2,1-3H3,(H2,17,21)(H,20,26). The van der Waals surface area contributed by atoms with E-state index in [0.29, 0.717) is 23.6 Å². The van der Waals surface area contributed by atoms with E-state index in [1.807, 2.05) is 37.2 Å². The second-order valence-electron chi connectivity index (χ2n) is 5.95. The first-order valence-corrected chi connectivity index (χ1v) is 8.15. The number of carbonyl (C=O) groups is 1. The van der Waals surface area contributed by atoms with Gasteiger partial charge in [0.2, 0.25) is 11.6 Å². The van der Waals surface area contributed by atoms with Crippen molar-refractivity contribution in [3.05, 3.63) is 41.2 Å². The average molecular weight is 385 g/mol. The fourth-order valence-electron chi connectivity index (χ4n) is 2.41. The maximum Gasteiger partial charge on any atom is 0.293 e. The van der Waals surface area contributed by atoms with Crippen LogP contribution in [0.2, 0.25) is 0 Å². The number of nitrogen functional groups attached to an aromatic ring is 1. The predicted molar refractivity (Wildman–Crippen MR) is 99.1 cm³/mol. The van der Waals surface area contributed by atoms with Gasteiger partial charge in [-0.15, -0.1) is 5.10 Å². The third-order valence-electron chi connectivity index (χ3n) is 3.65. The van der Waals surface area contributed by atoms with Gasteiger partial charge in [-0.25, -0.2) is 10.1 Å². The molecule has 0 bridgehead atoms. The van der Waals surface area contributed by atoms with Crippen LogP contribution in [-0.2, 0) is 6.54 Å². The molecule has 0 saturated carbocycles. The Morgan fingerprint density at radius 1 is 1.39 bits per heavy atom. The van der Waals surface area contributed by atoms with E-state index < -0.39 is 5.91 Å². The first-order chi connectivity index (χ1) is 13.5. The van der Waals surface area contributed by atoms with Crippen LogP contribution in [-0.4, -0.2) is 63.5 Å². The highest BCUT2D eigenvalue weighted by Gasteiger charge is 2.24. The summed E-state index contributed by atoms with van der Waals surface area (Å²) >= 11 is 0. The van der Waals surface area contributed by atoms with E-state index in [4.69, 9.17) is 10.5 Å². The normalized spacial score (nSPS) is 11.3. The molecule has 2 aromatic heterocycles. The van der Waals surface area contributed by atoms with Gasteiger partial charge in [0.15, 0.2) is 5.69 Å². The predicted octanol–water partition coefficient (Wildman–Crippen LogP) is 0.0666. The number of hydrazone groups is 1. The molecule has 3 N–H and O–H groups in total. The van der Waals surface area contributed by atoms with Crippen molar-refractivity contribution in [2.24, 2.45) is 5.10 Å². The monoisotopic (exact) mass is 385 g/mol. The molecule has 0 atom stereocenters. The third kappa shape index (κ3) is 3.96. The van der Waals surface area contributed by atoms with E-state index >= 15 is 0 Å². The van der Waals surface area contributed by atoms with Gasteiger partial charge in [-0.2, -0.15) is 9.78 Å². The Balaban J connectivity index is 1.84. The third-order valence-corrected chi connectivity index (χ3v) is 3.65. The second kappa shape index (κ2) is 8.26. The lowest BCUT2D eigenvalue weighted by molar-refractivity contribution is 0.0948. The van der Waals surface area contributed by atoms with Crippen LogP contribution in [0.3, 0.4) is 0 Å². The summed E-state index contributed by atoms with van der Waals surface area (Å²) in [7, 11) is 5.23. The van der Waals surface area contributed by atoms with Crippen LogP contribution in [0.25, 0.3) is 5.82 Å². The first kappa shape index (κ1) is 19.0. The summed E-state index contributed by atoms with van der Waals surface area (Å²) < 4.78 is 11.1. The summed E-state index contributed by atoms with van der Waals surface area (Å²) in [6.07, 6.45) is 1.48. The molecule has 2 heterocycles. The smallest absolute Gasteiger partial charge is 0.293 e. The number of hydrogen-bond donors (Lipinski definition) is 2. The largest absolute Gasteiger partial charge is 0.496 e. The number of nitrogens with two attached hydrogens (primary N) is 1. The summed E-state index contributed by atoms with van der Waals surface area (Å²) in [5.41, 5.74) is 9.40. The Morgan fingerprint density at radius 2 is 2.18 bits per heavy atom. The zero-order valence-corrected chi connectivity index (χ0v) is 15.5. The van der Waals surface area contributed by atoms with Gasteiger partial charge in [-0.05, 0) is 36.5 Å². The highest BCUT2D eigenvalue weighted by atomic mass is 16.6. The van der Waals surface area contributed by atoms with Gasteiger partial charge < -0.3 is 15.4 Å². The number of hydrogen-bond acceptors (Lipinski definition) is 10. The summed E-state index contributed by atoms with van der Waals surface area (Å²) in [6.45, 7) is 0.346. The molecule has 0 radical (unpaired) electrons. The molecule has 0 aliphatic rings. The number of ether oxygens (including phenoxy) is 1. The number of aromatic nitrogens is 5. The van der Waals surface area contributed by atoms with E-state index in [1.165, 1.54) is 10.9 Å². The van der Waals surface area contributed by atoms with E-state index in [9.17, 15) is 4.79 Å². The van der Waals surface area contributed by atoms with Gasteiger partial charge in [0.25, 0.3) is 5.91 Å². The number of nitrogens with zero attached hydrogens (tertiary/aromatic N) is 7. The minimum absolute atomic E-state index is 0.0334. The van der Waals surface area contributed by atoms with E-state index in [1.54, 1.807) is 13.2 Å². The summed E-state index contributed by atoms with van der Waals surface area (Å²) in [5.74, 6) is 0.282. The molecule has 12 nitrogen and oxygen atoms in total. The molecular weight excluding hydrogens is 366 g/mol. The van der Waals surface area contributed by atoms with Gasteiger partial charge in [0, 0.05) is 12.1 Å². The van der Waals surface area contributed by atoms with E-state index in [-0.39, 0.29) is 17.3 Å². The topological polar surface area (TPSA) is 150 Å². The molecule has 0 spiro atoms. The molecule has 0 aliphatic heterocycles. The number of amides is 1. The second-order valence-corrected chi connectivity index (χ2v) is 5.95. The Labute approximate surface area is 159 Å². The van der Waals surface area contributed by atoms with Crippen LogP contribution in [0.5, 0.6) is 5.75 Å². The molecule has 3 aromatic rings. The number of para-hydroxylation sites is 1. The Morgan fingerprint density at radius 3 is 2.86 bits per heavy atom. The van der Waals surface area contributed by atoms with E-state index in [0.717, 1.165) is 0 Å². The Bertz CT molecular complexity index is 993. The molecule has 0 aliphatic carbocycles. The van der Waals surface area contributed by atoms with Crippen molar-refractivity contribution in [3.8, 4) is 11.6 Å². The van der Waals surface area contributed by atoms with Crippen molar-refractivity contribution in [2.45, 2.75) is 6.54 Å². The number of anilines is 1. The van der Waals surface area contributed by atoms with Crippen LogP contribution >= 0.6 is 0 Å². The lowest BCUT2D eigenvalue weighted by Crippen LogP contribution is -2.23. The fourth-order valence-corrected chi connectivity index (χ4v) is 2.41. The van der Waals surface area contributed by atoms with Crippen LogP contribution in [0, 0.1) is 0 Å². The summed E-state index contributed by atoms with van der Waals surface area (Å²) in [5, 5.41) is 19.1. The molecule has 146 valence electrons. The summed E-state index contributed by atoms with van der Waals surface area (Å²) in [6, 6.07) is 7.27. The lowest BCUT2D eigenvalue weighted by atomic mass is 10.2. The van der Waals surface area contributed by atoms with Crippen molar-refractivity contribution in [1.82, 2.24) is 35.6 Å². The van der Waals surface area contributed by atoms with Gasteiger partial charge in [-0.3, -0.25) is 4.79 Å². The molecule has 3 rings (SSSR count). The molecule has 0 unspecified atom stereocenters. The highest BCUT2D eigenvalue weighted by molar-refractivity contribution is 5.94. The van der Waals surface area contributed by atoms with Crippen LogP contribution in [0.1, 0.15) is 21.7 Å². The number of benzene rings is 1. The van der Waals surface area contributed by atoms with Gasteiger partial charge in [0.05, 0.1) is 19.0 Å².